The molecule has 5 heteroatoms. The maximum Gasteiger partial charge on any atom is 0.325 e. The Labute approximate surface area is 112 Å². The Hall–Kier alpha value is -2.17. The number of ether oxygens (including phenoxy) is 1. The van der Waals surface area contributed by atoms with Gasteiger partial charge in [0, 0.05) is 5.56 Å². The Morgan fingerprint density at radius 1 is 1.11 bits per heavy atom. The molecular weight excluding hydrogens is 246 g/mol. The molecule has 0 saturated heterocycles. The van der Waals surface area contributed by atoms with Crippen LogP contribution in [0.3, 0.4) is 0 Å². The summed E-state index contributed by atoms with van der Waals surface area (Å²) in [4.78, 5) is 36.0. The number of ketones is 1. The first-order valence-corrected chi connectivity index (χ1v) is 6.04. The molecule has 1 amide bonds. The van der Waals surface area contributed by atoms with Gasteiger partial charge in [-0.1, -0.05) is 18.2 Å². The van der Waals surface area contributed by atoms with Crippen molar-refractivity contribution >= 4 is 17.7 Å². The van der Waals surface area contributed by atoms with Gasteiger partial charge in [0.2, 0.25) is 0 Å². The number of esters is 1. The predicted molar refractivity (Wildman–Crippen MR) is 69.7 cm³/mol. The van der Waals surface area contributed by atoms with Gasteiger partial charge in [-0.05, 0) is 26.0 Å². The van der Waals surface area contributed by atoms with Crippen LogP contribution in [0, 0.1) is 0 Å². The summed E-state index contributed by atoms with van der Waals surface area (Å²) in [5.41, 5.74) is 0.438. The molecule has 102 valence electrons. The summed E-state index contributed by atoms with van der Waals surface area (Å²) >= 11 is 0. The van der Waals surface area contributed by atoms with Gasteiger partial charge >= 0.3 is 5.97 Å². The summed E-state index contributed by atoms with van der Waals surface area (Å²) in [5, 5.41) is 0. The second kappa shape index (κ2) is 7.31. The quantitative estimate of drug-likeness (QED) is 0.725. The third-order valence-corrected chi connectivity index (χ3v) is 2.35. The van der Waals surface area contributed by atoms with E-state index in [1.54, 1.807) is 37.3 Å². The number of carbonyl (C=O) groups is 3. The maximum absolute atomic E-state index is 12.2. The first-order chi connectivity index (χ1) is 9.04. The minimum absolute atomic E-state index is 0.105. The molecule has 0 spiro atoms. The Morgan fingerprint density at radius 2 is 1.74 bits per heavy atom. The highest BCUT2D eigenvalue weighted by molar-refractivity contribution is 5.98. The Balaban J connectivity index is 2.81. The third kappa shape index (κ3) is 4.91. The third-order valence-electron chi connectivity index (χ3n) is 2.35. The molecular formula is C14H17NO4. The zero-order chi connectivity index (χ0) is 14.3. The number of nitrogens with zero attached hydrogens (tertiary/aromatic N) is 1. The van der Waals surface area contributed by atoms with Crippen molar-refractivity contribution in [2.45, 2.75) is 13.8 Å². The summed E-state index contributed by atoms with van der Waals surface area (Å²) in [6.45, 7) is 2.97. The molecule has 0 aromatic heterocycles. The lowest BCUT2D eigenvalue weighted by Gasteiger charge is -2.20. The minimum atomic E-state index is -0.520. The van der Waals surface area contributed by atoms with Gasteiger partial charge in [0.25, 0.3) is 5.91 Å². The molecule has 0 aliphatic carbocycles. The monoisotopic (exact) mass is 263 g/mol. The molecule has 0 aliphatic rings. The minimum Gasteiger partial charge on any atom is -0.465 e. The van der Waals surface area contributed by atoms with E-state index in [0.29, 0.717) is 5.56 Å². The van der Waals surface area contributed by atoms with Crippen molar-refractivity contribution in [2.24, 2.45) is 0 Å². The van der Waals surface area contributed by atoms with Crippen molar-refractivity contribution in [1.82, 2.24) is 4.90 Å². The molecule has 0 saturated carbocycles. The highest BCUT2D eigenvalue weighted by Gasteiger charge is 2.20. The first kappa shape index (κ1) is 14.9. The highest BCUT2D eigenvalue weighted by atomic mass is 16.5. The van der Waals surface area contributed by atoms with Gasteiger partial charge in [0.1, 0.15) is 12.3 Å². The van der Waals surface area contributed by atoms with Crippen LogP contribution in [0.5, 0.6) is 0 Å². The van der Waals surface area contributed by atoms with Crippen LogP contribution >= 0.6 is 0 Å². The van der Waals surface area contributed by atoms with E-state index < -0.39 is 5.97 Å². The molecule has 1 aromatic rings. The summed E-state index contributed by atoms with van der Waals surface area (Å²) in [7, 11) is 0. The number of carbonyl (C=O) groups excluding carboxylic acids is 3. The van der Waals surface area contributed by atoms with Gasteiger partial charge in [-0.25, -0.2) is 0 Å². The van der Waals surface area contributed by atoms with Gasteiger partial charge < -0.3 is 9.64 Å². The fraction of sp³-hybridized carbons (Fsp3) is 0.357. The van der Waals surface area contributed by atoms with Crippen molar-refractivity contribution < 1.29 is 19.1 Å². The van der Waals surface area contributed by atoms with E-state index in [-0.39, 0.29) is 31.4 Å². The molecule has 5 nitrogen and oxygen atoms in total. The Kier molecular flexibility index (Phi) is 5.73. The van der Waals surface area contributed by atoms with E-state index in [0.717, 1.165) is 0 Å². The smallest absolute Gasteiger partial charge is 0.325 e. The van der Waals surface area contributed by atoms with Crippen LogP contribution < -0.4 is 0 Å². The zero-order valence-electron chi connectivity index (χ0n) is 11.1. The normalized spacial score (nSPS) is 9.79. The lowest BCUT2D eigenvalue weighted by Crippen LogP contribution is -2.39. The lowest BCUT2D eigenvalue weighted by atomic mass is 10.2. The van der Waals surface area contributed by atoms with E-state index in [1.165, 1.54) is 11.8 Å². The Morgan fingerprint density at radius 3 is 2.26 bits per heavy atom. The van der Waals surface area contributed by atoms with E-state index >= 15 is 0 Å². The van der Waals surface area contributed by atoms with Crippen LogP contribution in [-0.2, 0) is 14.3 Å². The number of amides is 1. The summed E-state index contributed by atoms with van der Waals surface area (Å²) in [6.07, 6.45) is 0. The van der Waals surface area contributed by atoms with Crippen LogP contribution in [0.15, 0.2) is 30.3 Å². The van der Waals surface area contributed by atoms with Gasteiger partial charge in [-0.2, -0.15) is 0 Å². The van der Waals surface area contributed by atoms with Crippen molar-refractivity contribution in [3.63, 3.8) is 0 Å². The molecule has 0 heterocycles. The number of Topliss-reactive ketones (excluding diaryl/α,β-unsaturated/α-hetero) is 1. The average molecular weight is 263 g/mol. The van der Waals surface area contributed by atoms with Crippen LogP contribution in [-0.4, -0.2) is 42.3 Å². The van der Waals surface area contributed by atoms with E-state index in [1.807, 2.05) is 0 Å². The van der Waals surface area contributed by atoms with E-state index in [4.69, 9.17) is 4.74 Å². The largest absolute Gasteiger partial charge is 0.465 e. The zero-order valence-corrected chi connectivity index (χ0v) is 11.1. The summed E-state index contributed by atoms with van der Waals surface area (Å²) < 4.78 is 4.80. The Bertz CT molecular complexity index is 456. The fourth-order valence-electron chi connectivity index (χ4n) is 1.59. The molecule has 19 heavy (non-hydrogen) atoms. The molecule has 1 rings (SSSR count). The van der Waals surface area contributed by atoms with Crippen molar-refractivity contribution in [3.05, 3.63) is 35.9 Å². The van der Waals surface area contributed by atoms with Gasteiger partial charge in [0.05, 0.1) is 13.2 Å². The second-order valence-corrected chi connectivity index (χ2v) is 4.03. The molecule has 0 radical (unpaired) electrons. The van der Waals surface area contributed by atoms with Crippen LogP contribution in [0.4, 0.5) is 0 Å². The first-order valence-electron chi connectivity index (χ1n) is 6.04. The van der Waals surface area contributed by atoms with Crippen molar-refractivity contribution in [1.29, 1.82) is 0 Å². The molecule has 0 atom stereocenters. The number of benzene rings is 1. The van der Waals surface area contributed by atoms with E-state index in [2.05, 4.69) is 0 Å². The topological polar surface area (TPSA) is 63.7 Å². The molecule has 0 bridgehead atoms. The average Bonchev–Trinajstić information content (AvgIpc) is 2.38. The summed E-state index contributed by atoms with van der Waals surface area (Å²) in [6, 6.07) is 8.52. The summed E-state index contributed by atoms with van der Waals surface area (Å²) in [5.74, 6) is -1.06. The van der Waals surface area contributed by atoms with Crippen LogP contribution in [0.25, 0.3) is 0 Å². The van der Waals surface area contributed by atoms with Crippen LogP contribution in [0.1, 0.15) is 24.2 Å². The van der Waals surface area contributed by atoms with Crippen molar-refractivity contribution in [3.8, 4) is 0 Å². The molecule has 0 N–H and O–H groups in total. The molecule has 0 unspecified atom stereocenters. The molecule has 1 aromatic carbocycles. The van der Waals surface area contributed by atoms with Crippen LogP contribution in [0.2, 0.25) is 0 Å². The lowest BCUT2D eigenvalue weighted by molar-refractivity contribution is -0.143. The predicted octanol–water partition coefficient (Wildman–Crippen LogP) is 1.28. The second-order valence-electron chi connectivity index (χ2n) is 4.03. The number of hydrogen-bond donors (Lipinski definition) is 0. The van der Waals surface area contributed by atoms with Crippen molar-refractivity contribution in [2.75, 3.05) is 19.7 Å². The highest BCUT2D eigenvalue weighted by Crippen LogP contribution is 2.05. The SMILES string of the molecule is CCOC(=O)CN(CC(C)=O)C(=O)c1ccccc1. The van der Waals surface area contributed by atoms with Gasteiger partial charge in [-0.3, -0.25) is 14.4 Å². The standard InChI is InChI=1S/C14H17NO4/c1-3-19-13(17)10-15(9-11(2)16)14(18)12-7-5-4-6-8-12/h4-8H,3,9-10H2,1-2H3. The molecule has 0 fully saturated rings. The molecule has 0 aliphatic heterocycles. The van der Waals surface area contributed by atoms with Gasteiger partial charge in [-0.15, -0.1) is 0 Å². The fourth-order valence-corrected chi connectivity index (χ4v) is 1.59. The van der Waals surface area contributed by atoms with Gasteiger partial charge in [0.15, 0.2) is 0 Å². The van der Waals surface area contributed by atoms with E-state index in [9.17, 15) is 14.4 Å². The maximum atomic E-state index is 12.2. The number of rotatable bonds is 6. The number of hydrogen-bond acceptors (Lipinski definition) is 4.